The monoisotopic (exact) mass is 463 g/mol. The molecule has 1 aliphatic heterocycles. The third kappa shape index (κ3) is 3.81. The van der Waals surface area contributed by atoms with Gasteiger partial charge < -0.3 is 14.2 Å². The van der Waals surface area contributed by atoms with Crippen LogP contribution >= 0.6 is 0 Å². The first kappa shape index (κ1) is 22.1. The number of esters is 1. The summed E-state index contributed by atoms with van der Waals surface area (Å²) in [5.41, 5.74) is 1.68. The molecule has 1 aliphatic rings. The number of aromatic nitrogens is 5. The molecule has 3 aromatic heterocycles. The minimum atomic E-state index is -3.73. The zero-order chi connectivity index (χ0) is 23.0. The summed E-state index contributed by atoms with van der Waals surface area (Å²) < 4.78 is 39.5. The molecule has 0 aliphatic carbocycles. The fraction of sp³-hybridized carbons (Fsp3) is 0.526. The van der Waals surface area contributed by atoms with Crippen molar-refractivity contribution in [1.29, 1.82) is 0 Å². The zero-order valence-corrected chi connectivity index (χ0v) is 19.2. The Labute approximate surface area is 185 Å². The molecule has 4 heterocycles. The van der Waals surface area contributed by atoms with Crippen molar-refractivity contribution in [2.75, 3.05) is 37.7 Å². The van der Waals surface area contributed by atoms with Crippen LogP contribution in [0.5, 0.6) is 0 Å². The van der Waals surface area contributed by atoms with Crippen LogP contribution in [0.15, 0.2) is 15.7 Å². The number of carbonyl (C=O) groups excluding carboxylic acids is 1. The van der Waals surface area contributed by atoms with E-state index in [4.69, 9.17) is 9.26 Å². The van der Waals surface area contributed by atoms with Gasteiger partial charge in [0.1, 0.15) is 22.7 Å². The third-order valence-corrected chi connectivity index (χ3v) is 7.58. The topological polar surface area (TPSA) is 136 Å². The molecule has 0 bridgehead atoms. The van der Waals surface area contributed by atoms with Crippen molar-refractivity contribution in [3.05, 3.63) is 29.0 Å². The average molecular weight is 464 g/mol. The number of fused-ring (bicyclic) bond motifs is 1. The molecule has 0 radical (unpaired) electrons. The van der Waals surface area contributed by atoms with Crippen molar-refractivity contribution in [3.63, 3.8) is 0 Å². The van der Waals surface area contributed by atoms with Crippen LogP contribution in [0, 0.1) is 20.8 Å². The number of anilines is 1. The molecule has 3 aromatic rings. The first-order chi connectivity index (χ1) is 15.2. The van der Waals surface area contributed by atoms with Gasteiger partial charge in [0.25, 0.3) is 5.78 Å². The number of piperazine rings is 1. The lowest BCUT2D eigenvalue weighted by molar-refractivity contribution is -0.142. The number of ether oxygens (including phenoxy) is 1. The number of rotatable bonds is 6. The smallest absolute Gasteiger partial charge is 0.310 e. The molecule has 0 N–H and O–H groups in total. The maximum atomic E-state index is 13.2. The van der Waals surface area contributed by atoms with E-state index in [0.717, 1.165) is 0 Å². The Kier molecular flexibility index (Phi) is 5.86. The second kappa shape index (κ2) is 8.47. The Hall–Kier alpha value is -3.06. The molecular formula is C19H25N7O5S. The standard InChI is InChI=1S/C19H25N7O5S/c1-5-30-16(27)10-15-12(2)22-19-20-11-21-26(19)18(15)24-6-8-25(9-7-24)32(28,29)17-13(3)23-31-14(17)4/h11H,5-10H2,1-4H3. The highest BCUT2D eigenvalue weighted by Gasteiger charge is 2.34. The molecular weight excluding hydrogens is 438 g/mol. The van der Waals surface area contributed by atoms with Gasteiger partial charge in [-0.15, -0.1) is 0 Å². The molecule has 0 unspecified atom stereocenters. The van der Waals surface area contributed by atoms with Crippen LogP contribution in [0.25, 0.3) is 5.78 Å². The van der Waals surface area contributed by atoms with Crippen molar-refractivity contribution in [2.45, 2.75) is 39.0 Å². The van der Waals surface area contributed by atoms with Crippen LogP contribution in [-0.4, -0.2) is 76.2 Å². The highest BCUT2D eigenvalue weighted by Crippen LogP contribution is 2.28. The lowest BCUT2D eigenvalue weighted by atomic mass is 10.1. The number of nitrogens with zero attached hydrogens (tertiary/aromatic N) is 7. The SMILES string of the molecule is CCOC(=O)Cc1c(C)nc2ncnn2c1N1CCN(S(=O)(=O)c2c(C)noc2C)CC1. The first-order valence-corrected chi connectivity index (χ1v) is 11.7. The fourth-order valence-electron chi connectivity index (χ4n) is 3.97. The summed E-state index contributed by atoms with van der Waals surface area (Å²) in [4.78, 5) is 23.0. The predicted molar refractivity (Wildman–Crippen MR) is 113 cm³/mol. The van der Waals surface area contributed by atoms with Gasteiger partial charge in [0.2, 0.25) is 10.0 Å². The van der Waals surface area contributed by atoms with Crippen molar-refractivity contribution >= 4 is 27.6 Å². The Bertz CT molecular complexity index is 1240. The van der Waals surface area contributed by atoms with E-state index in [1.165, 1.54) is 10.6 Å². The molecule has 0 spiro atoms. The minimum absolute atomic E-state index is 0.0371. The van der Waals surface area contributed by atoms with Crippen LogP contribution in [0.1, 0.15) is 29.6 Å². The Morgan fingerprint density at radius 3 is 2.50 bits per heavy atom. The Balaban J connectivity index is 1.64. The van der Waals surface area contributed by atoms with Crippen LogP contribution in [-0.2, 0) is 26.0 Å². The summed E-state index contributed by atoms with van der Waals surface area (Å²) in [6.45, 7) is 8.35. The molecule has 0 atom stereocenters. The van der Waals surface area contributed by atoms with E-state index < -0.39 is 10.0 Å². The molecule has 172 valence electrons. The number of sulfonamides is 1. The van der Waals surface area contributed by atoms with Gasteiger partial charge in [0.15, 0.2) is 5.76 Å². The van der Waals surface area contributed by atoms with Crippen LogP contribution in [0.3, 0.4) is 0 Å². The van der Waals surface area contributed by atoms with Gasteiger partial charge in [-0.3, -0.25) is 4.79 Å². The van der Waals surface area contributed by atoms with E-state index in [2.05, 4.69) is 20.2 Å². The molecule has 1 saturated heterocycles. The van der Waals surface area contributed by atoms with Crippen LogP contribution in [0.4, 0.5) is 5.82 Å². The summed E-state index contributed by atoms with van der Waals surface area (Å²) in [6, 6.07) is 0. The molecule has 0 saturated carbocycles. The maximum Gasteiger partial charge on any atom is 0.310 e. The molecule has 32 heavy (non-hydrogen) atoms. The number of hydrogen-bond acceptors (Lipinski definition) is 10. The molecule has 0 amide bonds. The molecule has 1 fully saturated rings. The van der Waals surface area contributed by atoms with E-state index in [1.54, 1.807) is 25.3 Å². The maximum absolute atomic E-state index is 13.2. The van der Waals surface area contributed by atoms with Crippen molar-refractivity contribution in [1.82, 2.24) is 29.0 Å². The van der Waals surface area contributed by atoms with Gasteiger partial charge in [-0.05, 0) is 27.7 Å². The van der Waals surface area contributed by atoms with E-state index in [0.29, 0.717) is 41.6 Å². The number of aryl methyl sites for hydroxylation is 3. The summed E-state index contributed by atoms with van der Waals surface area (Å²) in [5, 5.41) is 8.05. The lowest BCUT2D eigenvalue weighted by Gasteiger charge is -2.36. The van der Waals surface area contributed by atoms with E-state index >= 15 is 0 Å². The Morgan fingerprint density at radius 2 is 1.88 bits per heavy atom. The number of hydrogen-bond donors (Lipinski definition) is 0. The average Bonchev–Trinajstić information content (AvgIpc) is 3.34. The predicted octanol–water partition coefficient (Wildman–Crippen LogP) is 0.654. The van der Waals surface area contributed by atoms with E-state index in [9.17, 15) is 13.2 Å². The van der Waals surface area contributed by atoms with Crippen LogP contribution in [0.2, 0.25) is 0 Å². The second-order valence-corrected chi connectivity index (χ2v) is 9.37. The normalized spacial score (nSPS) is 15.4. The van der Waals surface area contributed by atoms with Gasteiger partial charge in [-0.1, -0.05) is 5.16 Å². The molecule has 12 nitrogen and oxygen atoms in total. The summed E-state index contributed by atoms with van der Waals surface area (Å²) in [6.07, 6.45) is 1.44. The van der Waals surface area contributed by atoms with Gasteiger partial charge >= 0.3 is 5.97 Å². The molecule has 4 rings (SSSR count). The summed E-state index contributed by atoms with van der Waals surface area (Å²) >= 11 is 0. The lowest BCUT2D eigenvalue weighted by Crippen LogP contribution is -2.49. The van der Waals surface area contributed by atoms with Gasteiger partial charge in [0.05, 0.1) is 13.0 Å². The van der Waals surface area contributed by atoms with Gasteiger partial charge in [-0.2, -0.15) is 18.9 Å². The quantitative estimate of drug-likeness (QED) is 0.479. The fourth-order valence-corrected chi connectivity index (χ4v) is 5.68. The van der Waals surface area contributed by atoms with Crippen molar-refractivity contribution < 1.29 is 22.5 Å². The Morgan fingerprint density at radius 1 is 1.16 bits per heavy atom. The van der Waals surface area contributed by atoms with E-state index in [-0.39, 0.29) is 42.7 Å². The van der Waals surface area contributed by atoms with E-state index in [1.807, 2.05) is 11.8 Å². The summed E-state index contributed by atoms with van der Waals surface area (Å²) in [7, 11) is -3.73. The van der Waals surface area contributed by atoms with Crippen LogP contribution < -0.4 is 4.90 Å². The highest BCUT2D eigenvalue weighted by atomic mass is 32.2. The third-order valence-electron chi connectivity index (χ3n) is 5.44. The summed E-state index contributed by atoms with van der Waals surface area (Å²) in [5.74, 6) is 0.997. The highest BCUT2D eigenvalue weighted by molar-refractivity contribution is 7.89. The largest absolute Gasteiger partial charge is 0.466 e. The first-order valence-electron chi connectivity index (χ1n) is 10.3. The minimum Gasteiger partial charge on any atom is -0.466 e. The second-order valence-electron chi connectivity index (χ2n) is 7.50. The van der Waals surface area contributed by atoms with Gasteiger partial charge in [0, 0.05) is 37.4 Å². The van der Waals surface area contributed by atoms with Crippen molar-refractivity contribution in [2.24, 2.45) is 0 Å². The zero-order valence-electron chi connectivity index (χ0n) is 18.4. The molecule has 0 aromatic carbocycles. The molecule has 13 heteroatoms. The number of carbonyl (C=O) groups is 1. The van der Waals surface area contributed by atoms with Gasteiger partial charge in [-0.25, -0.2) is 13.4 Å². The van der Waals surface area contributed by atoms with Crippen molar-refractivity contribution in [3.8, 4) is 0 Å².